The number of halogens is 1. The van der Waals surface area contributed by atoms with E-state index in [4.69, 9.17) is 4.52 Å². The molecule has 4 heteroatoms. The summed E-state index contributed by atoms with van der Waals surface area (Å²) in [4.78, 5) is 2.31. The third-order valence-electron chi connectivity index (χ3n) is 4.30. The van der Waals surface area contributed by atoms with Crippen molar-refractivity contribution in [2.75, 3.05) is 11.4 Å². The lowest BCUT2D eigenvalue weighted by molar-refractivity contribution is 0.444. The minimum atomic E-state index is -0.258. The molecule has 1 aliphatic rings. The van der Waals surface area contributed by atoms with Crippen LogP contribution in [0.25, 0.3) is 11.0 Å². The van der Waals surface area contributed by atoms with E-state index in [2.05, 4.69) is 35.2 Å². The summed E-state index contributed by atoms with van der Waals surface area (Å²) in [6.45, 7) is 3.75. The third-order valence-corrected chi connectivity index (χ3v) is 4.30. The van der Waals surface area contributed by atoms with E-state index < -0.39 is 0 Å². The van der Waals surface area contributed by atoms with Crippen LogP contribution in [-0.2, 0) is 13.0 Å². The Bertz CT molecular complexity index is 840. The molecule has 3 nitrogen and oxygen atoms in total. The largest absolute Gasteiger partial charge is 0.365 e. The van der Waals surface area contributed by atoms with Gasteiger partial charge in [-0.25, -0.2) is 4.39 Å². The van der Waals surface area contributed by atoms with E-state index in [1.165, 1.54) is 28.9 Å². The van der Waals surface area contributed by atoms with Gasteiger partial charge >= 0.3 is 0 Å². The Morgan fingerprint density at radius 1 is 1.23 bits per heavy atom. The highest BCUT2D eigenvalue weighted by Crippen LogP contribution is 2.30. The molecule has 0 unspecified atom stereocenters. The SMILES string of the molecule is Cc1ccc2c(c1)CCCN2Cc1noc2ccc(F)cc12. The van der Waals surface area contributed by atoms with Gasteiger partial charge in [-0.05, 0) is 49.6 Å². The van der Waals surface area contributed by atoms with Crippen LogP contribution in [0.1, 0.15) is 23.2 Å². The Kier molecular flexibility index (Phi) is 3.10. The topological polar surface area (TPSA) is 29.3 Å². The first-order valence-corrected chi connectivity index (χ1v) is 7.59. The first kappa shape index (κ1) is 13.3. The molecule has 0 aliphatic carbocycles. The Balaban J connectivity index is 1.70. The summed E-state index contributed by atoms with van der Waals surface area (Å²) in [5.74, 6) is -0.258. The maximum absolute atomic E-state index is 13.5. The Morgan fingerprint density at radius 2 is 2.14 bits per heavy atom. The molecular weight excluding hydrogens is 279 g/mol. The fraction of sp³-hybridized carbons (Fsp3) is 0.278. The summed E-state index contributed by atoms with van der Waals surface area (Å²) < 4.78 is 18.8. The molecule has 0 N–H and O–H groups in total. The first-order chi connectivity index (χ1) is 10.7. The van der Waals surface area contributed by atoms with Gasteiger partial charge in [0, 0.05) is 17.6 Å². The number of hydrogen-bond donors (Lipinski definition) is 0. The summed E-state index contributed by atoms with van der Waals surface area (Å²) in [5, 5.41) is 4.90. The molecule has 0 saturated carbocycles. The predicted molar refractivity (Wildman–Crippen MR) is 84.5 cm³/mol. The molecule has 2 heterocycles. The van der Waals surface area contributed by atoms with E-state index in [0.29, 0.717) is 12.1 Å². The Hall–Kier alpha value is -2.36. The van der Waals surface area contributed by atoms with Crippen LogP contribution < -0.4 is 4.90 Å². The maximum Gasteiger partial charge on any atom is 0.167 e. The molecule has 22 heavy (non-hydrogen) atoms. The molecule has 2 aromatic carbocycles. The number of fused-ring (bicyclic) bond motifs is 2. The van der Waals surface area contributed by atoms with Crippen LogP contribution in [0.2, 0.25) is 0 Å². The summed E-state index contributed by atoms with van der Waals surface area (Å²) in [6, 6.07) is 11.1. The Morgan fingerprint density at radius 3 is 3.05 bits per heavy atom. The molecular formula is C18H17FN2O. The van der Waals surface area contributed by atoms with Crippen molar-refractivity contribution in [3.8, 4) is 0 Å². The van der Waals surface area contributed by atoms with Crippen LogP contribution in [-0.4, -0.2) is 11.7 Å². The molecule has 0 amide bonds. The van der Waals surface area contributed by atoms with Gasteiger partial charge in [-0.2, -0.15) is 0 Å². The molecule has 0 spiro atoms. The molecule has 1 aliphatic heterocycles. The van der Waals surface area contributed by atoms with Gasteiger partial charge in [0.25, 0.3) is 0 Å². The second kappa shape index (κ2) is 5.13. The first-order valence-electron chi connectivity index (χ1n) is 7.59. The molecule has 0 saturated heterocycles. The standard InChI is InChI=1S/C18H17FN2O/c1-12-4-6-17-13(9-12)3-2-8-21(17)11-16-15-10-14(19)5-7-18(15)22-20-16/h4-7,9-10H,2-3,8,11H2,1H3. The van der Waals surface area contributed by atoms with Crippen LogP contribution in [0.4, 0.5) is 10.1 Å². The molecule has 0 radical (unpaired) electrons. The molecule has 4 rings (SSSR count). The van der Waals surface area contributed by atoms with Crippen LogP contribution in [0.15, 0.2) is 40.9 Å². The van der Waals surface area contributed by atoms with Gasteiger partial charge in [-0.3, -0.25) is 0 Å². The second-order valence-corrected chi connectivity index (χ2v) is 5.93. The van der Waals surface area contributed by atoms with Crippen LogP contribution >= 0.6 is 0 Å². The van der Waals surface area contributed by atoms with Crippen LogP contribution in [0.5, 0.6) is 0 Å². The quantitative estimate of drug-likeness (QED) is 0.708. The highest BCUT2D eigenvalue weighted by molar-refractivity contribution is 5.79. The lowest BCUT2D eigenvalue weighted by Gasteiger charge is -2.31. The number of aromatic nitrogens is 1. The van der Waals surface area contributed by atoms with Gasteiger partial charge in [0.05, 0.1) is 6.54 Å². The summed E-state index contributed by atoms with van der Waals surface area (Å²) in [5.41, 5.74) is 5.35. The van der Waals surface area contributed by atoms with Crippen molar-refractivity contribution in [2.24, 2.45) is 0 Å². The van der Waals surface area contributed by atoms with Crippen LogP contribution in [0.3, 0.4) is 0 Å². The Labute approximate surface area is 128 Å². The zero-order valence-corrected chi connectivity index (χ0v) is 12.5. The molecule has 1 aromatic heterocycles. The number of hydrogen-bond acceptors (Lipinski definition) is 3. The van der Waals surface area contributed by atoms with Gasteiger partial charge in [0.15, 0.2) is 5.58 Å². The van der Waals surface area contributed by atoms with Gasteiger partial charge < -0.3 is 9.42 Å². The highest BCUT2D eigenvalue weighted by Gasteiger charge is 2.19. The van der Waals surface area contributed by atoms with Crippen LogP contribution in [0, 0.1) is 12.7 Å². The maximum atomic E-state index is 13.5. The molecule has 0 fully saturated rings. The van der Waals surface area contributed by atoms with E-state index in [9.17, 15) is 4.39 Å². The summed E-state index contributed by atoms with van der Waals surface area (Å²) in [7, 11) is 0. The van der Waals surface area contributed by atoms with E-state index in [1.54, 1.807) is 6.07 Å². The van der Waals surface area contributed by atoms with Crippen molar-refractivity contribution < 1.29 is 8.91 Å². The lowest BCUT2D eigenvalue weighted by Crippen LogP contribution is -2.29. The average Bonchev–Trinajstić information content (AvgIpc) is 2.89. The monoisotopic (exact) mass is 296 g/mol. The van der Waals surface area contributed by atoms with E-state index >= 15 is 0 Å². The predicted octanol–water partition coefficient (Wildman–Crippen LogP) is 4.23. The molecule has 0 atom stereocenters. The van der Waals surface area contributed by atoms with Crippen molar-refractivity contribution in [3.63, 3.8) is 0 Å². The van der Waals surface area contributed by atoms with Gasteiger partial charge in [-0.1, -0.05) is 22.9 Å². The van der Waals surface area contributed by atoms with Gasteiger partial charge in [0.1, 0.15) is 11.5 Å². The van der Waals surface area contributed by atoms with Crippen molar-refractivity contribution in [2.45, 2.75) is 26.3 Å². The average molecular weight is 296 g/mol. The lowest BCUT2D eigenvalue weighted by atomic mass is 9.99. The highest BCUT2D eigenvalue weighted by atomic mass is 19.1. The van der Waals surface area contributed by atoms with E-state index in [1.807, 2.05) is 0 Å². The second-order valence-electron chi connectivity index (χ2n) is 5.93. The molecule has 3 aromatic rings. The zero-order chi connectivity index (χ0) is 15.1. The zero-order valence-electron chi connectivity index (χ0n) is 12.5. The number of benzene rings is 2. The van der Waals surface area contributed by atoms with Crippen molar-refractivity contribution in [1.29, 1.82) is 0 Å². The third kappa shape index (κ3) is 2.25. The fourth-order valence-electron chi connectivity index (χ4n) is 3.22. The van der Waals surface area contributed by atoms with E-state index in [0.717, 1.165) is 30.5 Å². The summed E-state index contributed by atoms with van der Waals surface area (Å²) in [6.07, 6.45) is 2.24. The van der Waals surface area contributed by atoms with Crippen molar-refractivity contribution >= 4 is 16.7 Å². The van der Waals surface area contributed by atoms with Crippen molar-refractivity contribution in [1.82, 2.24) is 5.16 Å². The minimum absolute atomic E-state index is 0.258. The molecule has 0 bridgehead atoms. The fourth-order valence-corrected chi connectivity index (χ4v) is 3.22. The van der Waals surface area contributed by atoms with Crippen molar-refractivity contribution in [3.05, 3.63) is 59.0 Å². The summed E-state index contributed by atoms with van der Waals surface area (Å²) >= 11 is 0. The molecule has 112 valence electrons. The number of nitrogens with zero attached hydrogens (tertiary/aromatic N) is 2. The smallest absolute Gasteiger partial charge is 0.167 e. The van der Waals surface area contributed by atoms with Gasteiger partial charge in [-0.15, -0.1) is 0 Å². The normalized spacial score (nSPS) is 14.4. The number of rotatable bonds is 2. The minimum Gasteiger partial charge on any atom is -0.365 e. The van der Waals surface area contributed by atoms with E-state index in [-0.39, 0.29) is 5.82 Å². The number of anilines is 1. The van der Waals surface area contributed by atoms with Gasteiger partial charge in [0.2, 0.25) is 0 Å². The number of aryl methyl sites for hydroxylation is 2.